The van der Waals surface area contributed by atoms with E-state index in [0.717, 1.165) is 12.8 Å². The van der Waals surface area contributed by atoms with Crippen LogP contribution in [0.1, 0.15) is 46.5 Å². The second-order valence-electron chi connectivity index (χ2n) is 8.13. The fraction of sp³-hybridized carbons (Fsp3) is 0.417. The zero-order valence-corrected chi connectivity index (χ0v) is 18.3. The van der Waals surface area contributed by atoms with Gasteiger partial charge in [0.15, 0.2) is 0 Å². The number of allylic oxidation sites excluding steroid dienone is 1. The summed E-state index contributed by atoms with van der Waals surface area (Å²) >= 11 is 0. The number of halogens is 1. The Morgan fingerprint density at radius 1 is 0.964 bits per heavy atom. The summed E-state index contributed by atoms with van der Waals surface area (Å²) in [4.78, 5) is 0. The second kappa shape index (κ2) is 10.7. The Kier molecular flexibility index (Phi) is 8.61. The molecule has 4 heteroatoms. The van der Waals surface area contributed by atoms with Crippen molar-refractivity contribution >= 4 is 18.7 Å². The molecule has 2 nitrogen and oxygen atoms in total. The van der Waals surface area contributed by atoms with Crippen LogP contribution in [0.25, 0.3) is 0 Å². The Bertz CT molecular complexity index is 684. The van der Waals surface area contributed by atoms with Crippen LogP contribution in [-0.4, -0.2) is 26.6 Å². The van der Waals surface area contributed by atoms with Crippen molar-refractivity contribution in [1.82, 2.24) is 0 Å². The molecule has 0 fully saturated rings. The molecule has 2 aromatic carbocycles. The Morgan fingerprint density at radius 3 is 1.96 bits per heavy atom. The zero-order chi connectivity index (χ0) is 20.5. The number of hydrogen-bond acceptors (Lipinski definition) is 2. The Balaban J connectivity index is 2.20. The summed E-state index contributed by atoms with van der Waals surface area (Å²) in [6, 6.07) is 21.1. The predicted octanol–water partition coefficient (Wildman–Crippen LogP) is 4.97. The van der Waals surface area contributed by atoms with Gasteiger partial charge in [0.2, 0.25) is 0 Å². The lowest BCUT2D eigenvalue weighted by Gasteiger charge is -2.43. The first kappa shape index (κ1) is 22.5. The first-order valence-electron chi connectivity index (χ1n) is 10.1. The summed E-state index contributed by atoms with van der Waals surface area (Å²) in [7, 11) is -2.49. The molecule has 0 aliphatic heterocycles. The third-order valence-corrected chi connectivity index (χ3v) is 10.1. The minimum absolute atomic E-state index is 0.00954. The van der Waals surface area contributed by atoms with Gasteiger partial charge in [-0.05, 0) is 41.1 Å². The minimum atomic E-state index is -2.49. The summed E-state index contributed by atoms with van der Waals surface area (Å²) in [5.41, 5.74) is 0. The molecule has 0 heterocycles. The maximum atomic E-state index is 13.7. The quantitative estimate of drug-likeness (QED) is 0.451. The highest BCUT2D eigenvalue weighted by Gasteiger charge is 2.49. The Morgan fingerprint density at radius 2 is 1.50 bits per heavy atom. The van der Waals surface area contributed by atoms with Crippen LogP contribution < -0.4 is 10.4 Å². The highest BCUT2D eigenvalue weighted by Crippen LogP contribution is 2.36. The molecule has 152 valence electrons. The van der Waals surface area contributed by atoms with Gasteiger partial charge >= 0.3 is 0 Å². The summed E-state index contributed by atoms with van der Waals surface area (Å²) in [5, 5.41) is 11.3. The van der Waals surface area contributed by atoms with Crippen LogP contribution in [0.3, 0.4) is 0 Å². The molecule has 0 radical (unpaired) electrons. The van der Waals surface area contributed by atoms with Crippen LogP contribution >= 0.6 is 0 Å². The monoisotopic (exact) mass is 400 g/mol. The van der Waals surface area contributed by atoms with Crippen LogP contribution in [0.15, 0.2) is 72.6 Å². The van der Waals surface area contributed by atoms with E-state index in [4.69, 9.17) is 9.53 Å². The molecule has 0 bridgehead atoms. The molecule has 0 unspecified atom stereocenters. The average molecular weight is 401 g/mol. The van der Waals surface area contributed by atoms with E-state index >= 15 is 0 Å². The van der Waals surface area contributed by atoms with Crippen molar-refractivity contribution in [2.45, 2.75) is 51.5 Å². The minimum Gasteiger partial charge on any atom is -0.407 e. The van der Waals surface area contributed by atoms with Crippen molar-refractivity contribution in [3.05, 3.63) is 72.6 Å². The van der Waals surface area contributed by atoms with Crippen LogP contribution in [0, 0.1) is 0 Å². The number of benzene rings is 2. The maximum Gasteiger partial charge on any atom is 0.261 e. The molecule has 2 rings (SSSR count). The van der Waals surface area contributed by atoms with Crippen LogP contribution in [-0.2, 0) is 4.43 Å². The average Bonchev–Trinajstić information content (AvgIpc) is 2.69. The van der Waals surface area contributed by atoms with Gasteiger partial charge in [0.25, 0.3) is 8.32 Å². The van der Waals surface area contributed by atoms with Crippen molar-refractivity contribution < 1.29 is 13.9 Å². The third-order valence-electron chi connectivity index (χ3n) is 5.04. The van der Waals surface area contributed by atoms with E-state index in [2.05, 4.69) is 69.3 Å². The van der Waals surface area contributed by atoms with Crippen molar-refractivity contribution in [2.75, 3.05) is 13.2 Å². The van der Waals surface area contributed by atoms with Gasteiger partial charge in [0, 0.05) is 13.2 Å². The molecule has 0 atom stereocenters. The molecule has 0 aliphatic carbocycles. The molecule has 0 saturated carbocycles. The van der Waals surface area contributed by atoms with Gasteiger partial charge in [0.05, 0.1) is 5.83 Å². The van der Waals surface area contributed by atoms with Crippen LogP contribution in [0.2, 0.25) is 5.04 Å². The largest absolute Gasteiger partial charge is 0.407 e. The summed E-state index contributed by atoms with van der Waals surface area (Å²) in [6.45, 7) is 7.38. The summed E-state index contributed by atoms with van der Waals surface area (Å²) in [5.74, 6) is -0.139. The van der Waals surface area contributed by atoms with E-state index in [1.165, 1.54) is 16.4 Å². The maximum absolute atomic E-state index is 13.7. The van der Waals surface area contributed by atoms with Gasteiger partial charge in [-0.3, -0.25) is 0 Å². The van der Waals surface area contributed by atoms with Crippen molar-refractivity contribution in [3.8, 4) is 0 Å². The smallest absolute Gasteiger partial charge is 0.261 e. The number of hydrogen-bond donors (Lipinski definition) is 1. The van der Waals surface area contributed by atoms with Gasteiger partial charge < -0.3 is 9.53 Å². The van der Waals surface area contributed by atoms with Gasteiger partial charge in [0.1, 0.15) is 0 Å². The van der Waals surface area contributed by atoms with Gasteiger partial charge in [-0.2, -0.15) is 0 Å². The number of aliphatic hydroxyl groups excluding tert-OH is 1. The van der Waals surface area contributed by atoms with E-state index in [0.29, 0.717) is 19.4 Å². The summed E-state index contributed by atoms with van der Waals surface area (Å²) < 4.78 is 20.5. The van der Waals surface area contributed by atoms with E-state index in [9.17, 15) is 4.39 Å². The fourth-order valence-corrected chi connectivity index (χ4v) is 8.31. The highest BCUT2D eigenvalue weighted by molar-refractivity contribution is 6.99. The lowest BCUT2D eigenvalue weighted by Crippen LogP contribution is -2.66. The molecule has 0 spiro atoms. The van der Waals surface area contributed by atoms with Crippen molar-refractivity contribution in [2.24, 2.45) is 0 Å². The lowest BCUT2D eigenvalue weighted by atomic mass is 10.2. The molecule has 28 heavy (non-hydrogen) atoms. The molecule has 0 amide bonds. The van der Waals surface area contributed by atoms with Gasteiger partial charge in [-0.25, -0.2) is 4.39 Å². The first-order chi connectivity index (χ1) is 13.4. The normalized spacial score (nSPS) is 13.0. The Labute approximate surface area is 170 Å². The highest BCUT2D eigenvalue weighted by atomic mass is 28.4. The number of rotatable bonds is 10. The van der Waals surface area contributed by atoms with Crippen molar-refractivity contribution in [1.29, 1.82) is 0 Å². The second-order valence-corrected chi connectivity index (χ2v) is 12.4. The Hall–Kier alpha value is -1.75. The molecular formula is C24H33FO2Si. The lowest BCUT2D eigenvalue weighted by molar-refractivity contribution is 0.286. The van der Waals surface area contributed by atoms with Crippen LogP contribution in [0.4, 0.5) is 4.39 Å². The van der Waals surface area contributed by atoms with Crippen molar-refractivity contribution in [3.63, 3.8) is 0 Å². The molecule has 2 aromatic rings. The van der Waals surface area contributed by atoms with E-state index in [1.54, 1.807) is 0 Å². The molecule has 1 N–H and O–H groups in total. The standard InChI is InChI=1S/C24H33FO2Si/c1-24(2,3)28(22-15-6-4-7-16-22,23-17-8-5-9-18-23)27-20-11-10-13-21(25)14-12-19-26/h4-9,14-18,26H,10-13,19-20H2,1-3H3/b21-14+. The van der Waals surface area contributed by atoms with E-state index in [-0.39, 0.29) is 17.5 Å². The predicted molar refractivity (Wildman–Crippen MR) is 118 cm³/mol. The fourth-order valence-electron chi connectivity index (χ4n) is 3.71. The molecule has 0 aromatic heterocycles. The van der Waals surface area contributed by atoms with Crippen LogP contribution in [0.5, 0.6) is 0 Å². The third kappa shape index (κ3) is 5.63. The van der Waals surface area contributed by atoms with Gasteiger partial charge in [-0.15, -0.1) is 0 Å². The molecular weight excluding hydrogens is 367 g/mol. The summed E-state index contributed by atoms with van der Waals surface area (Å²) in [6.07, 6.45) is 3.81. The zero-order valence-electron chi connectivity index (χ0n) is 17.3. The first-order valence-corrected chi connectivity index (χ1v) is 12.0. The number of unbranched alkanes of at least 4 members (excludes halogenated alkanes) is 1. The van der Waals surface area contributed by atoms with Gasteiger partial charge in [-0.1, -0.05) is 87.5 Å². The molecule has 0 aliphatic rings. The topological polar surface area (TPSA) is 29.5 Å². The van der Waals surface area contributed by atoms with E-state index in [1.807, 2.05) is 12.1 Å². The SMILES string of the molecule is CC(C)(C)[Si](OCCCC/C(F)=C\CCO)(c1ccccc1)c1ccccc1. The van der Waals surface area contributed by atoms with E-state index < -0.39 is 8.32 Å². The number of aliphatic hydroxyl groups is 1. The molecule has 0 saturated heterocycles.